The average molecular weight is 279 g/mol. The summed E-state index contributed by atoms with van der Waals surface area (Å²) in [7, 11) is 1.86. The average Bonchev–Trinajstić information content (AvgIpc) is 2.67. The van der Waals surface area contributed by atoms with Gasteiger partial charge < -0.3 is 15.2 Å². The highest BCUT2D eigenvalue weighted by Crippen LogP contribution is 2.16. The van der Waals surface area contributed by atoms with Gasteiger partial charge in [0.1, 0.15) is 11.0 Å². The molecule has 5 nitrogen and oxygen atoms in total. The molecule has 2 N–H and O–H groups in total. The zero-order chi connectivity index (χ0) is 13.8. The van der Waals surface area contributed by atoms with Gasteiger partial charge in [0, 0.05) is 25.3 Å². The van der Waals surface area contributed by atoms with Gasteiger partial charge in [-0.3, -0.25) is 4.79 Å². The zero-order valence-corrected chi connectivity index (χ0v) is 11.5. The molecule has 0 fully saturated rings. The molecule has 6 heteroatoms. The number of rotatable bonds is 4. The van der Waals surface area contributed by atoms with E-state index < -0.39 is 0 Å². The summed E-state index contributed by atoms with van der Waals surface area (Å²) in [6, 6.07) is 7.50. The normalized spacial score (nSPS) is 10.3. The first-order chi connectivity index (χ1) is 9.06. The Morgan fingerprint density at radius 1 is 1.42 bits per heavy atom. The highest BCUT2D eigenvalue weighted by Gasteiger charge is 2.04. The molecular weight excluding hydrogens is 264 g/mol. The van der Waals surface area contributed by atoms with Crippen LogP contribution < -0.4 is 10.6 Å². The van der Waals surface area contributed by atoms with Crippen molar-refractivity contribution in [3.63, 3.8) is 0 Å². The first-order valence-corrected chi connectivity index (χ1v) is 6.21. The van der Waals surface area contributed by atoms with Crippen molar-refractivity contribution in [2.24, 2.45) is 7.05 Å². The summed E-state index contributed by atoms with van der Waals surface area (Å²) in [4.78, 5) is 15.2. The smallest absolute Gasteiger partial charge is 0.221 e. The number of carbonyl (C=O) groups excluding carboxylic acids is 1. The maximum atomic E-state index is 11.0. The van der Waals surface area contributed by atoms with Crippen LogP contribution in [0.5, 0.6) is 0 Å². The molecule has 1 aromatic carbocycles. The first-order valence-electron chi connectivity index (χ1n) is 5.84. The van der Waals surface area contributed by atoms with Crippen molar-refractivity contribution >= 4 is 28.9 Å². The van der Waals surface area contributed by atoms with Crippen molar-refractivity contribution in [1.82, 2.24) is 9.55 Å². The monoisotopic (exact) mass is 278 g/mol. The molecule has 0 saturated carbocycles. The quantitative estimate of drug-likeness (QED) is 0.904. The molecule has 100 valence electrons. The van der Waals surface area contributed by atoms with Gasteiger partial charge >= 0.3 is 0 Å². The Morgan fingerprint density at radius 3 is 2.79 bits per heavy atom. The van der Waals surface area contributed by atoms with Crippen LogP contribution in [-0.4, -0.2) is 15.5 Å². The predicted molar refractivity (Wildman–Crippen MR) is 76.3 cm³/mol. The number of hydrogen-bond donors (Lipinski definition) is 2. The molecule has 0 aliphatic carbocycles. The lowest BCUT2D eigenvalue weighted by Gasteiger charge is -2.09. The lowest BCUT2D eigenvalue weighted by atomic mass is 10.2. The molecular formula is C13H15ClN4O. The minimum absolute atomic E-state index is 0.0898. The number of carbonyl (C=O) groups is 1. The van der Waals surface area contributed by atoms with Crippen LogP contribution >= 0.6 is 11.6 Å². The SMILES string of the molecule is CC(=O)Nc1cccc(NCc2ncc(Cl)n2C)c1. The molecule has 0 saturated heterocycles. The maximum Gasteiger partial charge on any atom is 0.221 e. The van der Waals surface area contributed by atoms with Gasteiger partial charge in [-0.05, 0) is 18.2 Å². The molecule has 0 radical (unpaired) electrons. The van der Waals surface area contributed by atoms with Crippen molar-refractivity contribution in [2.75, 3.05) is 10.6 Å². The van der Waals surface area contributed by atoms with Crippen LogP contribution in [0, 0.1) is 0 Å². The Labute approximate surface area is 116 Å². The number of imidazole rings is 1. The zero-order valence-electron chi connectivity index (χ0n) is 10.8. The topological polar surface area (TPSA) is 59.0 Å². The van der Waals surface area contributed by atoms with Crippen LogP contribution in [-0.2, 0) is 18.4 Å². The Morgan fingerprint density at radius 2 is 2.16 bits per heavy atom. The first kappa shape index (κ1) is 13.4. The van der Waals surface area contributed by atoms with Gasteiger partial charge in [0.05, 0.1) is 12.7 Å². The number of amides is 1. The standard InChI is InChI=1S/C13H15ClN4O/c1-9(19)17-11-5-3-4-10(6-11)15-8-13-16-7-12(14)18(13)2/h3-7,15H,8H2,1-2H3,(H,17,19). The molecule has 0 unspecified atom stereocenters. The van der Waals surface area contributed by atoms with Crippen LogP contribution in [0.4, 0.5) is 11.4 Å². The summed E-state index contributed by atoms with van der Waals surface area (Å²) >= 11 is 5.92. The fraction of sp³-hybridized carbons (Fsp3) is 0.231. The molecule has 1 aromatic heterocycles. The molecule has 0 aliphatic rings. The van der Waals surface area contributed by atoms with Crippen LogP contribution in [0.1, 0.15) is 12.7 Å². The fourth-order valence-electron chi connectivity index (χ4n) is 1.68. The van der Waals surface area contributed by atoms with Gasteiger partial charge in [-0.2, -0.15) is 0 Å². The molecule has 0 aliphatic heterocycles. The molecule has 19 heavy (non-hydrogen) atoms. The second-order valence-electron chi connectivity index (χ2n) is 4.17. The second kappa shape index (κ2) is 5.75. The molecule has 2 rings (SSSR count). The van der Waals surface area contributed by atoms with E-state index in [1.165, 1.54) is 6.92 Å². The maximum absolute atomic E-state index is 11.0. The van der Waals surface area contributed by atoms with E-state index >= 15 is 0 Å². The number of halogens is 1. The van der Waals surface area contributed by atoms with Gasteiger partial charge in [-0.1, -0.05) is 17.7 Å². The Balaban J connectivity index is 2.03. The summed E-state index contributed by atoms with van der Waals surface area (Å²) in [6.07, 6.45) is 1.62. The van der Waals surface area contributed by atoms with E-state index in [2.05, 4.69) is 15.6 Å². The molecule has 1 heterocycles. The number of aromatic nitrogens is 2. The summed E-state index contributed by atoms with van der Waals surface area (Å²) in [6.45, 7) is 2.04. The van der Waals surface area contributed by atoms with Crippen LogP contribution in [0.3, 0.4) is 0 Å². The Kier molecular flexibility index (Phi) is 4.06. The van der Waals surface area contributed by atoms with E-state index in [0.29, 0.717) is 11.7 Å². The second-order valence-corrected chi connectivity index (χ2v) is 4.56. The van der Waals surface area contributed by atoms with Crippen LogP contribution in [0.25, 0.3) is 0 Å². The fourth-order valence-corrected chi connectivity index (χ4v) is 1.83. The molecule has 0 bridgehead atoms. The molecule has 0 spiro atoms. The van der Waals surface area contributed by atoms with Crippen LogP contribution in [0.2, 0.25) is 5.15 Å². The third-order valence-electron chi connectivity index (χ3n) is 2.66. The van der Waals surface area contributed by atoms with E-state index in [-0.39, 0.29) is 5.91 Å². The third kappa shape index (κ3) is 3.48. The number of nitrogens with zero attached hydrogens (tertiary/aromatic N) is 2. The van der Waals surface area contributed by atoms with Crippen molar-refractivity contribution < 1.29 is 4.79 Å². The van der Waals surface area contributed by atoms with E-state index in [1.54, 1.807) is 6.20 Å². The third-order valence-corrected chi connectivity index (χ3v) is 3.01. The van der Waals surface area contributed by atoms with Crippen LogP contribution in [0.15, 0.2) is 30.5 Å². The largest absolute Gasteiger partial charge is 0.378 e. The van der Waals surface area contributed by atoms with E-state index in [4.69, 9.17) is 11.6 Å². The summed E-state index contributed by atoms with van der Waals surface area (Å²) in [5.74, 6) is 0.753. The van der Waals surface area contributed by atoms with Gasteiger partial charge in [-0.25, -0.2) is 4.98 Å². The highest BCUT2D eigenvalue weighted by atomic mass is 35.5. The minimum Gasteiger partial charge on any atom is -0.378 e. The van der Waals surface area contributed by atoms with E-state index in [1.807, 2.05) is 35.9 Å². The molecule has 0 atom stereocenters. The number of anilines is 2. The number of hydrogen-bond acceptors (Lipinski definition) is 3. The molecule has 2 aromatic rings. The number of benzene rings is 1. The lowest BCUT2D eigenvalue weighted by Crippen LogP contribution is -2.08. The predicted octanol–water partition coefficient (Wildman–Crippen LogP) is 2.64. The highest BCUT2D eigenvalue weighted by molar-refractivity contribution is 6.29. The Hall–Kier alpha value is -2.01. The summed E-state index contributed by atoms with van der Waals surface area (Å²) < 4.78 is 1.81. The van der Waals surface area contributed by atoms with Gasteiger partial charge in [0.15, 0.2) is 0 Å². The van der Waals surface area contributed by atoms with Gasteiger partial charge in [-0.15, -0.1) is 0 Å². The molecule has 1 amide bonds. The summed E-state index contributed by atoms with van der Waals surface area (Å²) in [5.41, 5.74) is 1.67. The van der Waals surface area contributed by atoms with Crippen molar-refractivity contribution in [3.8, 4) is 0 Å². The Bertz CT molecular complexity index is 594. The van der Waals surface area contributed by atoms with Crippen molar-refractivity contribution in [1.29, 1.82) is 0 Å². The van der Waals surface area contributed by atoms with Crippen molar-refractivity contribution in [2.45, 2.75) is 13.5 Å². The van der Waals surface area contributed by atoms with Crippen molar-refractivity contribution in [3.05, 3.63) is 41.4 Å². The minimum atomic E-state index is -0.0898. The van der Waals surface area contributed by atoms with Gasteiger partial charge in [0.2, 0.25) is 5.91 Å². The lowest BCUT2D eigenvalue weighted by molar-refractivity contribution is -0.114. The van der Waals surface area contributed by atoms with E-state index in [0.717, 1.165) is 17.2 Å². The van der Waals surface area contributed by atoms with Gasteiger partial charge in [0.25, 0.3) is 0 Å². The summed E-state index contributed by atoms with van der Waals surface area (Å²) in [5, 5.41) is 6.57. The number of nitrogens with one attached hydrogen (secondary N) is 2. The van der Waals surface area contributed by atoms with E-state index in [9.17, 15) is 4.79 Å².